The highest BCUT2D eigenvalue weighted by Crippen LogP contribution is 2.20. The summed E-state index contributed by atoms with van der Waals surface area (Å²) in [5, 5.41) is 2.73. The lowest BCUT2D eigenvalue weighted by atomic mass is 10.2. The zero-order chi connectivity index (χ0) is 16.2. The monoisotopic (exact) mass is 429 g/mol. The van der Waals surface area contributed by atoms with Crippen LogP contribution in [0.25, 0.3) is 0 Å². The Kier molecular flexibility index (Phi) is 5.57. The third-order valence-corrected chi connectivity index (χ3v) is 5.73. The van der Waals surface area contributed by atoms with E-state index in [0.717, 1.165) is 3.57 Å². The van der Waals surface area contributed by atoms with Crippen molar-refractivity contribution in [2.24, 2.45) is 0 Å². The second-order valence-corrected chi connectivity index (χ2v) is 8.10. The van der Waals surface area contributed by atoms with Crippen LogP contribution < -0.4 is 5.32 Å². The molecule has 2 aromatic rings. The van der Waals surface area contributed by atoms with E-state index in [-0.39, 0.29) is 16.2 Å². The molecular weight excluding hydrogens is 413 g/mol. The van der Waals surface area contributed by atoms with Gasteiger partial charge in [0.25, 0.3) is 5.91 Å². The predicted molar refractivity (Wildman–Crippen MR) is 95.9 cm³/mol. The summed E-state index contributed by atoms with van der Waals surface area (Å²) >= 11 is 2.17. The third kappa shape index (κ3) is 4.07. The van der Waals surface area contributed by atoms with E-state index in [0.29, 0.717) is 12.1 Å². The molecule has 116 valence electrons. The molecule has 0 heterocycles. The van der Waals surface area contributed by atoms with E-state index in [4.69, 9.17) is 0 Å². The maximum atomic E-state index is 12.4. The van der Waals surface area contributed by atoms with Gasteiger partial charge in [0.1, 0.15) is 0 Å². The summed E-state index contributed by atoms with van der Waals surface area (Å²) in [6.07, 6.45) is 0.509. The van der Waals surface area contributed by atoms with Crippen LogP contribution in [0.1, 0.15) is 23.7 Å². The highest BCUT2D eigenvalue weighted by molar-refractivity contribution is 14.1. The second kappa shape index (κ2) is 7.23. The lowest BCUT2D eigenvalue weighted by Gasteiger charge is -2.10. The van der Waals surface area contributed by atoms with E-state index in [9.17, 15) is 13.2 Å². The Labute approximate surface area is 144 Å². The van der Waals surface area contributed by atoms with Gasteiger partial charge < -0.3 is 5.32 Å². The van der Waals surface area contributed by atoms with E-state index in [1.807, 2.05) is 12.1 Å². The molecule has 0 aliphatic rings. The molecule has 0 saturated heterocycles. The molecule has 0 aliphatic heterocycles. The summed E-state index contributed by atoms with van der Waals surface area (Å²) in [6.45, 7) is 1.80. The van der Waals surface area contributed by atoms with Crippen LogP contribution in [-0.4, -0.2) is 20.1 Å². The van der Waals surface area contributed by atoms with E-state index >= 15 is 0 Å². The first-order valence-corrected chi connectivity index (χ1v) is 9.56. The molecule has 22 heavy (non-hydrogen) atoms. The fraction of sp³-hybridized carbons (Fsp3) is 0.188. The van der Waals surface area contributed by atoms with E-state index in [2.05, 4.69) is 27.9 Å². The highest BCUT2D eigenvalue weighted by atomic mass is 127. The normalized spacial score (nSPS) is 11.2. The quantitative estimate of drug-likeness (QED) is 0.737. The van der Waals surface area contributed by atoms with Gasteiger partial charge in [0, 0.05) is 9.26 Å². The van der Waals surface area contributed by atoms with Gasteiger partial charge in [-0.1, -0.05) is 19.1 Å². The van der Waals surface area contributed by atoms with Crippen LogP contribution in [0.4, 0.5) is 5.69 Å². The van der Waals surface area contributed by atoms with Gasteiger partial charge in [0.15, 0.2) is 9.84 Å². The van der Waals surface area contributed by atoms with Crippen LogP contribution >= 0.6 is 22.6 Å². The molecule has 2 rings (SSSR count). The number of anilines is 1. The number of rotatable bonds is 5. The fourth-order valence-electron chi connectivity index (χ4n) is 2.04. The average Bonchev–Trinajstić information content (AvgIpc) is 2.49. The maximum Gasteiger partial charge on any atom is 0.256 e. The van der Waals surface area contributed by atoms with Gasteiger partial charge in [-0.2, -0.15) is 0 Å². The molecular formula is C16H16INO3S. The van der Waals surface area contributed by atoms with Gasteiger partial charge in [0.2, 0.25) is 0 Å². The van der Waals surface area contributed by atoms with Crippen molar-refractivity contribution in [1.82, 2.24) is 0 Å². The molecule has 0 radical (unpaired) electrons. The molecule has 0 atom stereocenters. The molecule has 0 bridgehead atoms. The maximum absolute atomic E-state index is 12.4. The molecule has 1 N–H and O–H groups in total. The van der Waals surface area contributed by atoms with Gasteiger partial charge in [0.05, 0.1) is 16.2 Å². The minimum Gasteiger partial charge on any atom is -0.322 e. The van der Waals surface area contributed by atoms with Gasteiger partial charge in [-0.05, 0) is 65.4 Å². The fourth-order valence-corrected chi connectivity index (χ4v) is 3.93. The summed E-state index contributed by atoms with van der Waals surface area (Å²) in [4.78, 5) is 12.5. The number of benzene rings is 2. The summed E-state index contributed by atoms with van der Waals surface area (Å²) in [5.41, 5.74) is 0.808. The molecule has 1 amide bonds. The Balaban J connectivity index is 2.32. The Hall–Kier alpha value is -1.41. The van der Waals surface area contributed by atoms with Crippen LogP contribution in [0.3, 0.4) is 0 Å². The van der Waals surface area contributed by atoms with Crippen molar-refractivity contribution in [3.05, 3.63) is 57.7 Å². The van der Waals surface area contributed by atoms with Crippen molar-refractivity contribution in [2.75, 3.05) is 11.1 Å². The molecule has 6 heteroatoms. The van der Waals surface area contributed by atoms with Gasteiger partial charge in [-0.25, -0.2) is 8.42 Å². The number of sulfone groups is 1. The van der Waals surface area contributed by atoms with Crippen molar-refractivity contribution in [2.45, 2.75) is 18.2 Å². The van der Waals surface area contributed by atoms with Crippen LogP contribution in [-0.2, 0) is 9.84 Å². The smallest absolute Gasteiger partial charge is 0.256 e. The van der Waals surface area contributed by atoms with Crippen LogP contribution in [0.5, 0.6) is 0 Å². The number of halogens is 1. The first-order chi connectivity index (χ1) is 10.4. The molecule has 4 nitrogen and oxygen atoms in total. The number of nitrogens with one attached hydrogen (secondary N) is 1. The number of hydrogen-bond donors (Lipinski definition) is 1. The number of amides is 1. The van der Waals surface area contributed by atoms with Crippen molar-refractivity contribution < 1.29 is 13.2 Å². The first kappa shape index (κ1) is 17.0. The standard InChI is InChI=1S/C16H16INO3S/c1-2-11-22(20,21)15-6-4-3-5-14(15)16(19)18-13-9-7-12(17)8-10-13/h3-10H,2,11H2,1H3,(H,18,19). The topological polar surface area (TPSA) is 63.2 Å². The van der Waals surface area contributed by atoms with Crippen molar-refractivity contribution in [3.63, 3.8) is 0 Å². The second-order valence-electron chi connectivity index (χ2n) is 4.78. The van der Waals surface area contributed by atoms with Crippen molar-refractivity contribution >= 4 is 44.0 Å². The predicted octanol–water partition coefficient (Wildman–Crippen LogP) is 3.73. The lowest BCUT2D eigenvalue weighted by molar-refractivity contribution is 0.102. The summed E-state index contributed by atoms with van der Waals surface area (Å²) in [5.74, 6) is -0.391. The van der Waals surface area contributed by atoms with Crippen LogP contribution in [0, 0.1) is 3.57 Å². The summed E-state index contributed by atoms with van der Waals surface area (Å²) in [6, 6.07) is 13.6. The van der Waals surface area contributed by atoms with Crippen LogP contribution in [0.2, 0.25) is 0 Å². The number of carbonyl (C=O) groups is 1. The molecule has 0 spiro atoms. The molecule has 0 fully saturated rings. The first-order valence-electron chi connectivity index (χ1n) is 6.83. The van der Waals surface area contributed by atoms with E-state index in [1.54, 1.807) is 31.2 Å². The minimum absolute atomic E-state index is 0.0286. The SMILES string of the molecule is CCCS(=O)(=O)c1ccccc1C(=O)Nc1ccc(I)cc1. The minimum atomic E-state index is -3.45. The summed E-state index contributed by atoms with van der Waals surface area (Å²) in [7, 11) is -3.45. The third-order valence-electron chi connectivity index (χ3n) is 3.04. The Bertz CT molecular complexity index is 770. The van der Waals surface area contributed by atoms with Gasteiger partial charge >= 0.3 is 0 Å². The van der Waals surface area contributed by atoms with E-state index in [1.165, 1.54) is 12.1 Å². The zero-order valence-electron chi connectivity index (χ0n) is 12.0. The average molecular weight is 429 g/mol. The van der Waals surface area contributed by atoms with Crippen LogP contribution in [0.15, 0.2) is 53.4 Å². The largest absolute Gasteiger partial charge is 0.322 e. The van der Waals surface area contributed by atoms with Gasteiger partial charge in [-0.3, -0.25) is 4.79 Å². The van der Waals surface area contributed by atoms with Crippen molar-refractivity contribution in [1.29, 1.82) is 0 Å². The molecule has 0 aliphatic carbocycles. The Morgan fingerprint density at radius 2 is 1.73 bits per heavy atom. The number of hydrogen-bond acceptors (Lipinski definition) is 3. The highest BCUT2D eigenvalue weighted by Gasteiger charge is 2.21. The Morgan fingerprint density at radius 3 is 2.36 bits per heavy atom. The number of carbonyl (C=O) groups excluding carboxylic acids is 1. The zero-order valence-corrected chi connectivity index (χ0v) is 15.0. The molecule has 0 unspecified atom stereocenters. The Morgan fingerprint density at radius 1 is 1.09 bits per heavy atom. The van der Waals surface area contributed by atoms with E-state index < -0.39 is 15.7 Å². The molecule has 0 aromatic heterocycles. The summed E-state index contributed by atoms with van der Waals surface area (Å²) < 4.78 is 25.6. The van der Waals surface area contributed by atoms with Crippen molar-refractivity contribution in [3.8, 4) is 0 Å². The van der Waals surface area contributed by atoms with Gasteiger partial charge in [-0.15, -0.1) is 0 Å². The lowest BCUT2D eigenvalue weighted by Crippen LogP contribution is -2.17. The molecule has 2 aromatic carbocycles. The molecule has 0 saturated carbocycles.